The highest BCUT2D eigenvalue weighted by atomic mass is 19.1. The molecule has 28 heavy (non-hydrogen) atoms. The number of rotatable bonds is 3. The highest BCUT2D eigenvalue weighted by molar-refractivity contribution is 5.90. The van der Waals surface area contributed by atoms with Gasteiger partial charge in [0, 0.05) is 17.2 Å². The van der Waals surface area contributed by atoms with E-state index in [-0.39, 0.29) is 5.56 Å². The fourth-order valence-corrected chi connectivity index (χ4v) is 3.18. The molecule has 2 unspecified atom stereocenters. The molecule has 3 N–H and O–H groups in total. The van der Waals surface area contributed by atoms with E-state index in [0.717, 1.165) is 12.1 Å². The summed E-state index contributed by atoms with van der Waals surface area (Å²) >= 11 is 0. The maximum atomic E-state index is 14.3. The third kappa shape index (κ3) is 4.65. The summed E-state index contributed by atoms with van der Waals surface area (Å²) < 4.78 is 28.5. The number of nitrogens with one attached hydrogen (secondary N) is 2. The maximum Gasteiger partial charge on any atom is 0.319 e. The van der Waals surface area contributed by atoms with Crippen LogP contribution in [0.15, 0.2) is 42.5 Å². The van der Waals surface area contributed by atoms with Gasteiger partial charge in [-0.25, -0.2) is 13.6 Å². The summed E-state index contributed by atoms with van der Waals surface area (Å²) in [6.07, 6.45) is 1.63. The fraction of sp³-hybridized carbons (Fsp3) is 0.238. The summed E-state index contributed by atoms with van der Waals surface area (Å²) in [6, 6.07) is 9.63. The third-order valence-electron chi connectivity index (χ3n) is 4.56. The number of halogens is 2. The van der Waals surface area contributed by atoms with Crippen LogP contribution in [-0.4, -0.2) is 23.1 Å². The molecule has 144 valence electrons. The summed E-state index contributed by atoms with van der Waals surface area (Å²) in [5, 5.41) is 13.7. The van der Waals surface area contributed by atoms with Gasteiger partial charge in [0.2, 0.25) is 0 Å². The molecule has 1 aliphatic rings. The Hall–Kier alpha value is -3.40. The van der Waals surface area contributed by atoms with Gasteiger partial charge in [-0.3, -0.25) is 4.79 Å². The molecule has 0 spiro atoms. The van der Waals surface area contributed by atoms with Gasteiger partial charge in [0.15, 0.2) is 11.6 Å². The van der Waals surface area contributed by atoms with Gasteiger partial charge in [0.1, 0.15) is 5.69 Å². The first-order chi connectivity index (χ1) is 13.4. The normalized spacial score (nSPS) is 18.1. The van der Waals surface area contributed by atoms with Crippen LogP contribution in [0.2, 0.25) is 0 Å². The number of hydrogen-bond donors (Lipinski definition) is 3. The van der Waals surface area contributed by atoms with Crippen LogP contribution < -0.4 is 10.6 Å². The molecule has 3 rings (SSSR count). The second kappa shape index (κ2) is 8.53. The van der Waals surface area contributed by atoms with Crippen LogP contribution in [-0.2, 0) is 4.79 Å². The summed E-state index contributed by atoms with van der Waals surface area (Å²) in [4.78, 5) is 23.2. The Bertz CT molecular complexity index is 928. The molecule has 0 aromatic heterocycles. The van der Waals surface area contributed by atoms with Crippen LogP contribution in [0, 0.1) is 29.4 Å². The van der Waals surface area contributed by atoms with Crippen LogP contribution in [0.3, 0.4) is 0 Å². The Kier molecular flexibility index (Phi) is 5.90. The van der Waals surface area contributed by atoms with E-state index in [2.05, 4.69) is 22.5 Å². The van der Waals surface area contributed by atoms with Gasteiger partial charge in [-0.15, -0.1) is 0 Å². The first-order valence-electron chi connectivity index (χ1n) is 8.80. The average Bonchev–Trinajstić information content (AvgIpc) is 3.12. The average molecular weight is 384 g/mol. The van der Waals surface area contributed by atoms with Gasteiger partial charge < -0.3 is 15.7 Å². The van der Waals surface area contributed by atoms with Crippen molar-refractivity contribution in [3.8, 4) is 11.8 Å². The van der Waals surface area contributed by atoms with Crippen LogP contribution in [0.25, 0.3) is 0 Å². The molecule has 0 aliphatic heterocycles. The Balaban J connectivity index is 1.70. The molecule has 1 aliphatic carbocycles. The van der Waals surface area contributed by atoms with E-state index < -0.39 is 41.3 Å². The van der Waals surface area contributed by atoms with Crippen molar-refractivity contribution in [1.82, 2.24) is 5.32 Å². The molecule has 1 fully saturated rings. The van der Waals surface area contributed by atoms with Gasteiger partial charge in [-0.05, 0) is 37.1 Å². The summed E-state index contributed by atoms with van der Waals surface area (Å²) in [5.74, 6) is 1.85. The number of carbonyl (C=O) groups excluding carboxylic acids is 1. The predicted molar refractivity (Wildman–Crippen MR) is 99.7 cm³/mol. The fourth-order valence-electron chi connectivity index (χ4n) is 3.18. The topological polar surface area (TPSA) is 78.4 Å². The minimum absolute atomic E-state index is 0.131. The molecule has 0 saturated heterocycles. The lowest BCUT2D eigenvalue weighted by Gasteiger charge is -2.18. The number of carboxylic acids is 1. The zero-order valence-corrected chi connectivity index (χ0v) is 14.8. The smallest absolute Gasteiger partial charge is 0.319 e. The van der Waals surface area contributed by atoms with E-state index in [1.165, 1.54) is 0 Å². The van der Waals surface area contributed by atoms with Crippen molar-refractivity contribution in [3.63, 3.8) is 0 Å². The molecule has 2 aromatic carbocycles. The van der Waals surface area contributed by atoms with Crippen molar-refractivity contribution in [2.75, 3.05) is 5.32 Å². The standard InChI is InChI=1S/C21H18F2N2O3/c22-16-11-14(10-9-13-5-2-1-3-6-13)12-17(23)19(16)25-21(28)24-18-8-4-7-15(18)20(26)27/h1-3,5-6,11-12,15,18H,4,7-8H2,(H,26,27)(H2,24,25,28). The largest absolute Gasteiger partial charge is 0.481 e. The Morgan fingerprint density at radius 3 is 2.29 bits per heavy atom. The molecule has 0 bridgehead atoms. The van der Waals surface area contributed by atoms with Gasteiger partial charge >= 0.3 is 12.0 Å². The third-order valence-corrected chi connectivity index (χ3v) is 4.56. The molecular formula is C21H18F2N2O3. The quantitative estimate of drug-likeness (QED) is 0.706. The zero-order chi connectivity index (χ0) is 20.1. The lowest BCUT2D eigenvalue weighted by atomic mass is 10.0. The molecule has 1 saturated carbocycles. The van der Waals surface area contributed by atoms with Crippen LogP contribution in [0.4, 0.5) is 19.3 Å². The first-order valence-corrected chi connectivity index (χ1v) is 8.80. The zero-order valence-electron chi connectivity index (χ0n) is 14.8. The number of carbonyl (C=O) groups is 2. The predicted octanol–water partition coefficient (Wildman–Crippen LogP) is 3.74. The number of hydrogen-bond acceptors (Lipinski definition) is 2. The molecule has 2 amide bonds. The second-order valence-corrected chi connectivity index (χ2v) is 6.51. The summed E-state index contributed by atoms with van der Waals surface area (Å²) in [6.45, 7) is 0. The van der Waals surface area contributed by atoms with Crippen LogP contribution in [0.1, 0.15) is 30.4 Å². The number of carboxylic acid groups (broad SMARTS) is 1. The number of aliphatic carboxylic acids is 1. The van der Waals surface area contributed by atoms with Crippen LogP contribution in [0.5, 0.6) is 0 Å². The lowest BCUT2D eigenvalue weighted by molar-refractivity contribution is -0.142. The number of anilines is 1. The lowest BCUT2D eigenvalue weighted by Crippen LogP contribution is -2.42. The minimum atomic E-state index is -0.999. The van der Waals surface area contributed by atoms with Gasteiger partial charge in [0.25, 0.3) is 0 Å². The SMILES string of the molecule is O=C(Nc1c(F)cc(C#Cc2ccccc2)cc1F)NC1CCCC1C(=O)O. The molecule has 5 nitrogen and oxygen atoms in total. The van der Waals surface area contributed by atoms with Crippen LogP contribution >= 0.6 is 0 Å². The molecular weight excluding hydrogens is 366 g/mol. The van der Waals surface area contributed by atoms with E-state index in [1.54, 1.807) is 24.3 Å². The van der Waals surface area contributed by atoms with Crippen molar-refractivity contribution in [2.45, 2.75) is 25.3 Å². The highest BCUT2D eigenvalue weighted by Gasteiger charge is 2.34. The molecule has 7 heteroatoms. The number of urea groups is 1. The Labute approximate surface area is 160 Å². The Morgan fingerprint density at radius 2 is 1.64 bits per heavy atom. The second-order valence-electron chi connectivity index (χ2n) is 6.51. The molecule has 2 aromatic rings. The van der Waals surface area contributed by atoms with Crippen molar-refractivity contribution < 1.29 is 23.5 Å². The number of benzene rings is 2. The monoisotopic (exact) mass is 384 g/mol. The summed E-state index contributed by atoms with van der Waals surface area (Å²) in [7, 11) is 0. The van der Waals surface area contributed by atoms with Gasteiger partial charge in [0.05, 0.1) is 5.92 Å². The van der Waals surface area contributed by atoms with Gasteiger partial charge in [-0.1, -0.05) is 36.5 Å². The van der Waals surface area contributed by atoms with Gasteiger partial charge in [-0.2, -0.15) is 0 Å². The van der Waals surface area contributed by atoms with E-state index in [4.69, 9.17) is 5.11 Å². The molecule has 0 radical (unpaired) electrons. The molecule has 2 atom stereocenters. The van der Waals surface area contributed by atoms with E-state index in [9.17, 15) is 18.4 Å². The maximum absolute atomic E-state index is 14.3. The molecule has 0 heterocycles. The van der Waals surface area contributed by atoms with Crippen molar-refractivity contribution >= 4 is 17.7 Å². The van der Waals surface area contributed by atoms with E-state index >= 15 is 0 Å². The van der Waals surface area contributed by atoms with E-state index in [1.807, 2.05) is 6.07 Å². The number of amides is 2. The highest BCUT2D eigenvalue weighted by Crippen LogP contribution is 2.26. The first kappa shape index (κ1) is 19.4. The van der Waals surface area contributed by atoms with Crippen molar-refractivity contribution in [3.05, 3.63) is 65.2 Å². The van der Waals surface area contributed by atoms with E-state index in [0.29, 0.717) is 24.8 Å². The minimum Gasteiger partial charge on any atom is -0.481 e. The van der Waals surface area contributed by atoms with Crippen molar-refractivity contribution in [2.24, 2.45) is 5.92 Å². The van der Waals surface area contributed by atoms with Crippen molar-refractivity contribution in [1.29, 1.82) is 0 Å². The summed E-state index contributed by atoms with van der Waals surface area (Å²) in [5.41, 5.74) is 0.230. The Morgan fingerprint density at radius 1 is 1.00 bits per heavy atom.